The summed E-state index contributed by atoms with van der Waals surface area (Å²) in [5.74, 6) is 4.82. The minimum Gasteiger partial charge on any atom is -0.496 e. The van der Waals surface area contributed by atoms with Gasteiger partial charge >= 0.3 is 0 Å². The number of benzene rings is 3. The predicted molar refractivity (Wildman–Crippen MR) is 230 cm³/mol. The van der Waals surface area contributed by atoms with Gasteiger partial charge in [0.2, 0.25) is 5.88 Å². The van der Waals surface area contributed by atoms with Gasteiger partial charge in [-0.2, -0.15) is 0 Å². The maximum Gasteiger partial charge on any atom is 0.299 e. The van der Waals surface area contributed by atoms with Crippen molar-refractivity contribution >= 4 is 40.2 Å². The first-order valence-electron chi connectivity index (χ1n) is 21.3. The molecule has 3 heterocycles. The van der Waals surface area contributed by atoms with Crippen LogP contribution >= 0.6 is 0 Å². The van der Waals surface area contributed by atoms with Crippen LogP contribution in [0.2, 0.25) is 0 Å². The minimum atomic E-state index is -1.58. The number of methoxy groups -OCH3 is 1. The molecule has 62 heavy (non-hydrogen) atoms. The van der Waals surface area contributed by atoms with Crippen molar-refractivity contribution in [3.63, 3.8) is 0 Å². The molecule has 14 heteroatoms. The number of pyridine rings is 1. The first kappa shape index (κ1) is 43.7. The predicted octanol–water partition coefficient (Wildman–Crippen LogP) is 6.33. The molecule has 324 valence electrons. The van der Waals surface area contributed by atoms with Crippen molar-refractivity contribution in [2.24, 2.45) is 23.5 Å². The van der Waals surface area contributed by atoms with E-state index >= 15 is 0 Å². The molecule has 1 aliphatic carbocycles. The van der Waals surface area contributed by atoms with E-state index < -0.39 is 47.5 Å². The highest BCUT2D eigenvalue weighted by atomic mass is 19.1. The highest BCUT2D eigenvalue weighted by Crippen LogP contribution is 2.36. The highest BCUT2D eigenvalue weighted by molar-refractivity contribution is 6.49. The molecule has 3 aliphatic rings. The lowest BCUT2D eigenvalue weighted by Crippen LogP contribution is -2.42. The Bertz CT molecular complexity index is 2440. The number of para-hydroxylation sites is 1. The second-order valence-corrected chi connectivity index (χ2v) is 16.4. The Labute approximate surface area is 360 Å². The third-order valence-corrected chi connectivity index (χ3v) is 12.2. The summed E-state index contributed by atoms with van der Waals surface area (Å²) in [7, 11) is 3.62. The molecule has 4 aromatic rings. The van der Waals surface area contributed by atoms with E-state index in [0.717, 1.165) is 70.0 Å². The number of rotatable bonds is 16. The average molecular weight is 846 g/mol. The number of hydrogen-bond donors (Lipinski definition) is 3. The summed E-state index contributed by atoms with van der Waals surface area (Å²) in [5.41, 5.74) is 7.65. The van der Waals surface area contributed by atoms with Crippen LogP contribution in [0.4, 0.5) is 4.39 Å². The lowest BCUT2D eigenvalue weighted by Gasteiger charge is -2.29. The zero-order valence-corrected chi connectivity index (χ0v) is 35.3. The molecule has 4 amide bonds. The van der Waals surface area contributed by atoms with E-state index in [0.29, 0.717) is 34.4 Å². The van der Waals surface area contributed by atoms with Crippen molar-refractivity contribution in [2.45, 2.75) is 76.9 Å². The lowest BCUT2D eigenvalue weighted by atomic mass is 9.82. The Morgan fingerprint density at radius 1 is 0.952 bits per heavy atom. The second-order valence-electron chi connectivity index (χ2n) is 16.4. The molecular formula is C48H52FN5O8. The molecule has 7 rings (SSSR count). The fourth-order valence-corrected chi connectivity index (χ4v) is 8.80. The molecule has 1 saturated heterocycles. The molecule has 0 bridgehead atoms. The van der Waals surface area contributed by atoms with Crippen LogP contribution in [0.15, 0.2) is 60.8 Å². The van der Waals surface area contributed by atoms with Crippen molar-refractivity contribution in [2.75, 3.05) is 33.9 Å². The van der Waals surface area contributed by atoms with Crippen LogP contribution in [-0.4, -0.2) is 85.4 Å². The van der Waals surface area contributed by atoms with Crippen LogP contribution in [0, 0.1) is 29.6 Å². The van der Waals surface area contributed by atoms with Gasteiger partial charge in [0.15, 0.2) is 6.17 Å². The van der Waals surface area contributed by atoms with Crippen LogP contribution in [0.3, 0.4) is 0 Å². The summed E-state index contributed by atoms with van der Waals surface area (Å²) >= 11 is 0. The van der Waals surface area contributed by atoms with E-state index in [1.165, 1.54) is 13.2 Å². The SMILES string of the molecule is CC[C@@H]1[C@H](F)C(=O)N[C@@H]1COc1ncc(C#C[C@H]2CC[C@H](CN(C)CCCCCc3ccccc3Oc3cccc4c3C(=O)NC(=O)C4=O)CC2)c2cc(C(N)=O)c(OC)cc12. The van der Waals surface area contributed by atoms with Crippen molar-refractivity contribution in [1.29, 1.82) is 0 Å². The van der Waals surface area contributed by atoms with Gasteiger partial charge in [-0.25, -0.2) is 9.37 Å². The molecule has 0 spiro atoms. The zero-order valence-electron chi connectivity index (χ0n) is 35.3. The summed E-state index contributed by atoms with van der Waals surface area (Å²) < 4.78 is 32.2. The van der Waals surface area contributed by atoms with Crippen molar-refractivity contribution in [3.8, 4) is 35.0 Å². The van der Waals surface area contributed by atoms with Crippen molar-refractivity contribution in [3.05, 3.63) is 88.6 Å². The molecule has 1 aromatic heterocycles. The van der Waals surface area contributed by atoms with Gasteiger partial charge in [0.25, 0.3) is 29.4 Å². The number of nitrogens with zero attached hydrogens (tertiary/aromatic N) is 2. The normalized spacial score (nSPS) is 20.9. The molecule has 13 nitrogen and oxygen atoms in total. The topological polar surface area (TPSA) is 179 Å². The molecule has 2 aliphatic heterocycles. The number of nitrogens with two attached hydrogens (primary N) is 1. The van der Waals surface area contributed by atoms with Gasteiger partial charge in [-0.1, -0.05) is 49.5 Å². The third-order valence-electron chi connectivity index (χ3n) is 12.2. The number of aryl methyl sites for hydroxylation is 1. The molecule has 1 saturated carbocycles. The third kappa shape index (κ3) is 9.73. The van der Waals surface area contributed by atoms with Crippen LogP contribution in [0.25, 0.3) is 10.8 Å². The van der Waals surface area contributed by atoms with Gasteiger partial charge in [0, 0.05) is 40.9 Å². The van der Waals surface area contributed by atoms with E-state index in [-0.39, 0.29) is 46.6 Å². The lowest BCUT2D eigenvalue weighted by molar-refractivity contribution is -0.124. The van der Waals surface area contributed by atoms with Crippen molar-refractivity contribution < 1.29 is 42.6 Å². The Morgan fingerprint density at radius 2 is 1.73 bits per heavy atom. The second kappa shape index (κ2) is 19.6. The van der Waals surface area contributed by atoms with Gasteiger partial charge in [0.1, 0.15) is 23.9 Å². The van der Waals surface area contributed by atoms with E-state index in [2.05, 4.69) is 39.4 Å². The Morgan fingerprint density at radius 3 is 2.48 bits per heavy atom. The first-order valence-corrected chi connectivity index (χ1v) is 21.3. The van der Waals surface area contributed by atoms with Gasteiger partial charge in [-0.3, -0.25) is 29.3 Å². The number of imide groups is 1. The van der Waals surface area contributed by atoms with Crippen LogP contribution in [0.5, 0.6) is 23.1 Å². The number of fused-ring (bicyclic) bond motifs is 2. The Balaban J connectivity index is 0.895. The zero-order chi connectivity index (χ0) is 43.9. The number of carbonyl (C=O) groups excluding carboxylic acids is 5. The largest absolute Gasteiger partial charge is 0.496 e. The molecule has 0 radical (unpaired) electrons. The summed E-state index contributed by atoms with van der Waals surface area (Å²) in [6.45, 7) is 3.86. The number of nitrogens with one attached hydrogen (secondary N) is 2. The number of ketones is 1. The number of ether oxygens (including phenoxy) is 3. The van der Waals surface area contributed by atoms with Crippen LogP contribution in [-0.2, 0) is 16.0 Å². The molecule has 2 fully saturated rings. The number of carbonyl (C=O) groups is 5. The minimum absolute atomic E-state index is 0.0283. The van der Waals surface area contributed by atoms with Crippen LogP contribution < -0.4 is 30.6 Å². The number of hydrogen-bond acceptors (Lipinski definition) is 10. The van der Waals surface area contributed by atoms with E-state index in [1.54, 1.807) is 30.5 Å². The summed E-state index contributed by atoms with van der Waals surface area (Å²) in [6, 6.07) is 15.1. The molecule has 0 unspecified atom stereocenters. The van der Waals surface area contributed by atoms with Crippen molar-refractivity contribution in [1.82, 2.24) is 20.5 Å². The smallest absolute Gasteiger partial charge is 0.299 e. The average Bonchev–Trinajstić information content (AvgIpc) is 3.55. The number of aromatic nitrogens is 1. The summed E-state index contributed by atoms with van der Waals surface area (Å²) in [6.07, 6.45) is 8.43. The fourth-order valence-electron chi connectivity index (χ4n) is 8.80. The standard InChI is InChI=1S/C48H52FN5O8/c1-4-32-37(52-46(58)42(32)49)27-61-48-35-24-40(60-3)36(44(50)56)23-34(35)31(25-51-48)21-20-28-16-18-29(19-17-28)26-54(2)22-9-5-6-11-30-12-7-8-14-38(30)62-39-15-10-13-33-41(39)45(57)53-47(59)43(33)55/h7-8,10,12-15,23-25,28-29,32,37,42H,4-6,9,11,16-19,22,26-27H2,1-3H3,(H2,50,56)(H,52,58)(H,53,57,59)/t28-,29-,32-,37+,42-/m0/s1. The highest BCUT2D eigenvalue weighted by Gasteiger charge is 2.42. The molecule has 3 aromatic carbocycles. The van der Waals surface area contributed by atoms with E-state index in [9.17, 15) is 28.4 Å². The number of primary amides is 1. The van der Waals surface area contributed by atoms with Gasteiger partial charge < -0.3 is 30.2 Å². The number of unbranched alkanes of at least 4 members (excludes halogenated alkanes) is 2. The number of amides is 4. The number of alkyl halides is 1. The fraction of sp³-hybridized carbons (Fsp3) is 0.417. The van der Waals surface area contributed by atoms with Gasteiger partial charge in [0.05, 0.1) is 29.8 Å². The maximum atomic E-state index is 14.4. The number of halogens is 1. The number of Topliss-reactive ketones (excluding diaryl/α,β-unsaturated/α-hetero) is 1. The summed E-state index contributed by atoms with van der Waals surface area (Å²) in [4.78, 5) is 68.2. The van der Waals surface area contributed by atoms with Gasteiger partial charge in [-0.05, 0) is 107 Å². The Kier molecular flexibility index (Phi) is 13.8. The van der Waals surface area contributed by atoms with Crippen LogP contribution in [0.1, 0.15) is 100 Å². The maximum absolute atomic E-state index is 14.4. The molecule has 3 atom stereocenters. The van der Waals surface area contributed by atoms with E-state index in [4.69, 9.17) is 19.9 Å². The quantitative estimate of drug-likeness (QED) is 0.0500. The molecular weight excluding hydrogens is 794 g/mol. The summed E-state index contributed by atoms with van der Waals surface area (Å²) in [5, 5.41) is 5.98. The Hall–Kier alpha value is -6.33. The van der Waals surface area contributed by atoms with E-state index in [1.807, 2.05) is 31.2 Å². The molecule has 4 N–H and O–H groups in total. The van der Waals surface area contributed by atoms with Gasteiger partial charge in [-0.15, -0.1) is 0 Å². The monoisotopic (exact) mass is 845 g/mol. The first-order chi connectivity index (χ1) is 29.9.